The van der Waals surface area contributed by atoms with Crippen LogP contribution in [0.15, 0.2) is 47.4 Å². The molecule has 0 fully saturated rings. The summed E-state index contributed by atoms with van der Waals surface area (Å²) in [7, 11) is 1.53. The first-order chi connectivity index (χ1) is 12.1. The van der Waals surface area contributed by atoms with E-state index in [1.807, 2.05) is 12.1 Å². The van der Waals surface area contributed by atoms with Crippen LogP contribution in [0.2, 0.25) is 5.02 Å². The Hall–Kier alpha value is -2.74. The molecule has 0 spiro atoms. The number of H-pyrrole nitrogens is 1. The van der Waals surface area contributed by atoms with Crippen LogP contribution in [0, 0.1) is 0 Å². The van der Waals surface area contributed by atoms with Crippen molar-refractivity contribution in [3.63, 3.8) is 0 Å². The van der Waals surface area contributed by atoms with E-state index in [2.05, 4.69) is 15.3 Å². The van der Waals surface area contributed by atoms with Crippen LogP contribution < -0.4 is 16.4 Å². The van der Waals surface area contributed by atoms with Gasteiger partial charge in [0.2, 0.25) is 0 Å². The van der Waals surface area contributed by atoms with Gasteiger partial charge in [0.15, 0.2) is 5.69 Å². The third-order valence-corrected chi connectivity index (χ3v) is 3.83. The average molecular weight is 360 g/mol. The van der Waals surface area contributed by atoms with Crippen LogP contribution in [0.5, 0.6) is 0 Å². The van der Waals surface area contributed by atoms with Crippen LogP contribution in [-0.2, 0) is 11.4 Å². The van der Waals surface area contributed by atoms with Gasteiger partial charge < -0.3 is 10.3 Å². The van der Waals surface area contributed by atoms with E-state index in [0.29, 0.717) is 22.6 Å². The van der Waals surface area contributed by atoms with Crippen molar-refractivity contribution in [1.29, 1.82) is 0 Å². The molecule has 128 valence electrons. The SMILES string of the molecule is CO[NH2+]c1cnc2[nH]c(=O)c(C(=O)NCc3ccc(Cl)cc3)cc2c1. The molecule has 1 amide bonds. The molecule has 3 rings (SSSR count). The number of nitrogens with one attached hydrogen (secondary N) is 2. The van der Waals surface area contributed by atoms with Gasteiger partial charge in [0.1, 0.15) is 11.2 Å². The van der Waals surface area contributed by atoms with E-state index >= 15 is 0 Å². The highest BCUT2D eigenvalue weighted by Gasteiger charge is 2.13. The van der Waals surface area contributed by atoms with Gasteiger partial charge in [0, 0.05) is 23.0 Å². The maximum absolute atomic E-state index is 12.4. The largest absolute Gasteiger partial charge is 0.348 e. The Morgan fingerprint density at radius 2 is 2.08 bits per heavy atom. The van der Waals surface area contributed by atoms with Gasteiger partial charge in [-0.1, -0.05) is 23.7 Å². The minimum absolute atomic E-state index is 0.0258. The molecule has 0 saturated heterocycles. The lowest BCUT2D eigenvalue weighted by Crippen LogP contribution is -2.75. The van der Waals surface area contributed by atoms with Gasteiger partial charge in [-0.05, 0) is 23.8 Å². The van der Waals surface area contributed by atoms with Crippen LogP contribution in [0.3, 0.4) is 0 Å². The number of rotatable bonds is 5. The minimum atomic E-state index is -0.489. The fourth-order valence-corrected chi connectivity index (χ4v) is 2.48. The normalized spacial score (nSPS) is 10.8. The summed E-state index contributed by atoms with van der Waals surface area (Å²) in [6.07, 6.45) is 1.57. The van der Waals surface area contributed by atoms with Gasteiger partial charge in [-0.25, -0.2) is 9.82 Å². The Morgan fingerprint density at radius 1 is 1.32 bits per heavy atom. The van der Waals surface area contributed by atoms with E-state index in [1.54, 1.807) is 24.4 Å². The minimum Gasteiger partial charge on any atom is -0.348 e. The first-order valence-electron chi connectivity index (χ1n) is 7.48. The molecule has 0 radical (unpaired) electrons. The second kappa shape index (κ2) is 7.43. The Labute approximate surface area is 147 Å². The van der Waals surface area contributed by atoms with Crippen molar-refractivity contribution >= 4 is 34.2 Å². The summed E-state index contributed by atoms with van der Waals surface area (Å²) in [5, 5.41) is 3.99. The molecule has 2 heterocycles. The molecular formula is C17H16ClN4O3+. The average Bonchev–Trinajstić information content (AvgIpc) is 2.61. The summed E-state index contributed by atoms with van der Waals surface area (Å²) in [4.78, 5) is 36.2. The zero-order valence-electron chi connectivity index (χ0n) is 13.4. The maximum atomic E-state index is 12.4. The number of nitrogens with zero attached hydrogens (tertiary/aromatic N) is 1. The lowest BCUT2D eigenvalue weighted by Gasteiger charge is -2.06. The van der Waals surface area contributed by atoms with Crippen molar-refractivity contribution in [3.05, 3.63) is 69.1 Å². The quantitative estimate of drug-likeness (QED) is 0.597. The molecular weight excluding hydrogens is 344 g/mol. The zero-order valence-corrected chi connectivity index (χ0v) is 14.1. The molecule has 0 atom stereocenters. The molecule has 0 aliphatic heterocycles. The highest BCUT2D eigenvalue weighted by molar-refractivity contribution is 6.30. The Morgan fingerprint density at radius 3 is 2.80 bits per heavy atom. The number of carbonyl (C=O) groups excluding carboxylic acids is 1. The zero-order chi connectivity index (χ0) is 17.8. The topological polar surface area (TPSA) is 101 Å². The summed E-state index contributed by atoms with van der Waals surface area (Å²) < 4.78 is 0. The van der Waals surface area contributed by atoms with E-state index in [4.69, 9.17) is 16.4 Å². The summed E-state index contributed by atoms with van der Waals surface area (Å²) in [6, 6.07) is 10.4. The van der Waals surface area contributed by atoms with Gasteiger partial charge >= 0.3 is 0 Å². The van der Waals surface area contributed by atoms with Crippen LogP contribution in [0.4, 0.5) is 5.69 Å². The van der Waals surface area contributed by atoms with Crippen molar-refractivity contribution in [2.45, 2.75) is 6.54 Å². The number of halogens is 1. The molecule has 4 N–H and O–H groups in total. The van der Waals surface area contributed by atoms with Crippen molar-refractivity contribution in [2.75, 3.05) is 7.11 Å². The first-order valence-corrected chi connectivity index (χ1v) is 7.86. The number of hydrogen-bond donors (Lipinski definition) is 3. The third-order valence-electron chi connectivity index (χ3n) is 3.58. The van der Waals surface area contributed by atoms with E-state index in [-0.39, 0.29) is 5.56 Å². The highest BCUT2D eigenvalue weighted by atomic mass is 35.5. The molecule has 3 aromatic rings. The van der Waals surface area contributed by atoms with E-state index in [0.717, 1.165) is 11.3 Å². The summed E-state index contributed by atoms with van der Waals surface area (Å²) in [6.45, 7) is 0.295. The first kappa shape index (κ1) is 17.1. The number of benzene rings is 1. The number of quaternary nitrogens is 1. The molecule has 0 saturated carbocycles. The molecule has 7 nitrogen and oxygen atoms in total. The van der Waals surface area contributed by atoms with Crippen molar-refractivity contribution in [3.8, 4) is 0 Å². The molecule has 0 unspecified atom stereocenters. The number of nitrogens with two attached hydrogens (primary N) is 1. The van der Waals surface area contributed by atoms with Crippen LogP contribution in [0.1, 0.15) is 15.9 Å². The number of hydrogen-bond acceptors (Lipinski definition) is 4. The lowest BCUT2D eigenvalue weighted by molar-refractivity contribution is -0.830. The number of pyridine rings is 2. The fraction of sp³-hybridized carbons (Fsp3) is 0.118. The number of aromatic nitrogens is 2. The lowest BCUT2D eigenvalue weighted by atomic mass is 10.2. The molecule has 0 aliphatic rings. The van der Waals surface area contributed by atoms with Gasteiger partial charge in [0.25, 0.3) is 11.5 Å². The monoisotopic (exact) mass is 359 g/mol. The summed E-state index contributed by atoms with van der Waals surface area (Å²) in [5.41, 5.74) is 3.09. The van der Waals surface area contributed by atoms with E-state index < -0.39 is 11.5 Å². The fourth-order valence-electron chi connectivity index (χ4n) is 2.36. The Kier molecular flexibility index (Phi) is 5.08. The highest BCUT2D eigenvalue weighted by Crippen LogP contribution is 2.12. The molecule has 0 bridgehead atoms. The van der Waals surface area contributed by atoms with Gasteiger partial charge in [-0.2, -0.15) is 5.48 Å². The van der Waals surface area contributed by atoms with Crippen molar-refractivity contribution in [2.24, 2.45) is 0 Å². The van der Waals surface area contributed by atoms with Gasteiger partial charge in [-0.3, -0.25) is 9.59 Å². The summed E-state index contributed by atoms with van der Waals surface area (Å²) in [5.74, 6) is -0.459. The Balaban J connectivity index is 1.83. The van der Waals surface area contributed by atoms with E-state index in [1.165, 1.54) is 18.7 Å². The van der Waals surface area contributed by atoms with Gasteiger partial charge in [0.05, 0.1) is 13.3 Å². The third kappa shape index (κ3) is 4.03. The second-order valence-electron chi connectivity index (χ2n) is 5.38. The molecule has 25 heavy (non-hydrogen) atoms. The number of carbonyl (C=O) groups is 1. The standard InChI is InChI=1S/C17H15ClN4O3/c1-25-22-13-6-11-7-14(17(24)21-15(11)19-9-13)16(23)20-8-10-2-4-12(18)5-3-10/h2-7,9,22H,8H2,1H3,(H,20,23)(H,19,21,24)/p+1. The number of aromatic amines is 1. The summed E-state index contributed by atoms with van der Waals surface area (Å²) >= 11 is 5.83. The maximum Gasteiger partial charge on any atom is 0.262 e. The smallest absolute Gasteiger partial charge is 0.262 e. The van der Waals surface area contributed by atoms with Crippen molar-refractivity contribution in [1.82, 2.24) is 15.3 Å². The van der Waals surface area contributed by atoms with Crippen LogP contribution >= 0.6 is 11.6 Å². The predicted molar refractivity (Wildman–Crippen MR) is 93.6 cm³/mol. The predicted octanol–water partition coefficient (Wildman–Crippen LogP) is 1.26. The van der Waals surface area contributed by atoms with E-state index in [9.17, 15) is 9.59 Å². The molecule has 8 heteroatoms. The van der Waals surface area contributed by atoms with Crippen LogP contribution in [0.25, 0.3) is 11.0 Å². The van der Waals surface area contributed by atoms with Crippen molar-refractivity contribution < 1.29 is 15.1 Å². The molecule has 0 aliphatic carbocycles. The second-order valence-corrected chi connectivity index (χ2v) is 5.82. The molecule has 2 aromatic heterocycles. The van der Waals surface area contributed by atoms with Gasteiger partial charge in [-0.15, -0.1) is 0 Å². The van der Waals surface area contributed by atoms with Crippen LogP contribution in [-0.4, -0.2) is 23.0 Å². The number of amides is 1. The molecule has 1 aromatic carbocycles. The number of fused-ring (bicyclic) bond motifs is 1. The Bertz CT molecular complexity index is 970.